The van der Waals surface area contributed by atoms with Crippen molar-refractivity contribution in [2.45, 2.75) is 69.4 Å². The Kier molecular flexibility index (Phi) is 4.37. The molecule has 4 rings (SSSR count). The molecule has 1 spiro atoms. The first-order chi connectivity index (χ1) is 12.1. The molecule has 2 aromatic heterocycles. The average Bonchev–Trinajstić information content (AvgIpc) is 3.02. The second-order valence-electron chi connectivity index (χ2n) is 8.19. The van der Waals surface area contributed by atoms with Crippen LogP contribution < -0.4 is 0 Å². The van der Waals surface area contributed by atoms with Crippen LogP contribution in [-0.4, -0.2) is 41.1 Å². The average molecular weight is 341 g/mol. The summed E-state index contributed by atoms with van der Waals surface area (Å²) in [5, 5.41) is 1.29. The smallest absolute Gasteiger partial charge is 0.137 e. The van der Waals surface area contributed by atoms with Crippen LogP contribution in [0, 0.1) is 0 Å². The van der Waals surface area contributed by atoms with Crippen molar-refractivity contribution < 1.29 is 4.74 Å². The molecular weight excluding hydrogens is 310 g/mol. The number of aromatic nitrogens is 2. The van der Waals surface area contributed by atoms with Crippen LogP contribution in [0.3, 0.4) is 0 Å². The molecule has 1 aliphatic carbocycles. The van der Waals surface area contributed by atoms with Crippen molar-refractivity contribution in [1.82, 2.24) is 14.9 Å². The summed E-state index contributed by atoms with van der Waals surface area (Å²) in [4.78, 5) is 10.6. The van der Waals surface area contributed by atoms with Crippen LogP contribution in [0.15, 0.2) is 18.3 Å². The van der Waals surface area contributed by atoms with E-state index in [-0.39, 0.29) is 5.60 Å². The number of H-pyrrole nitrogens is 1. The molecule has 1 fully saturated rings. The summed E-state index contributed by atoms with van der Waals surface area (Å²) in [6.45, 7) is 3.13. The van der Waals surface area contributed by atoms with Crippen LogP contribution in [0.2, 0.25) is 0 Å². The molecule has 136 valence electrons. The molecule has 0 amide bonds. The summed E-state index contributed by atoms with van der Waals surface area (Å²) >= 11 is 0. The maximum atomic E-state index is 6.46. The monoisotopic (exact) mass is 341 g/mol. The zero-order valence-electron chi connectivity index (χ0n) is 15.9. The predicted octanol–water partition coefficient (Wildman–Crippen LogP) is 4.40. The minimum atomic E-state index is -0.125. The molecule has 4 nitrogen and oxygen atoms in total. The van der Waals surface area contributed by atoms with Crippen LogP contribution in [0.5, 0.6) is 0 Å². The van der Waals surface area contributed by atoms with E-state index in [9.17, 15) is 0 Å². The summed E-state index contributed by atoms with van der Waals surface area (Å²) in [6, 6.07) is 4.24. The molecule has 0 aromatic carbocycles. The molecule has 3 heterocycles. The Morgan fingerprint density at radius 3 is 2.76 bits per heavy atom. The van der Waals surface area contributed by atoms with Gasteiger partial charge in [-0.05, 0) is 70.3 Å². The fourth-order valence-corrected chi connectivity index (χ4v) is 5.09. The highest BCUT2D eigenvalue weighted by molar-refractivity contribution is 5.82. The Morgan fingerprint density at radius 1 is 1.24 bits per heavy atom. The fraction of sp³-hybridized carbons (Fsp3) is 0.667. The van der Waals surface area contributed by atoms with E-state index in [1.165, 1.54) is 48.7 Å². The molecule has 2 aromatic rings. The van der Waals surface area contributed by atoms with Crippen LogP contribution >= 0.6 is 0 Å². The number of ether oxygens (including phenoxy) is 1. The molecule has 2 aliphatic rings. The van der Waals surface area contributed by atoms with Gasteiger partial charge in [0.1, 0.15) is 11.2 Å². The zero-order chi connectivity index (χ0) is 17.5. The third-order valence-electron chi connectivity index (χ3n) is 6.80. The lowest BCUT2D eigenvalue weighted by molar-refractivity contribution is -0.113. The van der Waals surface area contributed by atoms with Crippen molar-refractivity contribution in [3.63, 3.8) is 0 Å². The van der Waals surface area contributed by atoms with E-state index in [4.69, 9.17) is 4.74 Å². The van der Waals surface area contributed by atoms with Gasteiger partial charge in [-0.1, -0.05) is 19.8 Å². The normalized spacial score (nSPS) is 29.4. The van der Waals surface area contributed by atoms with Crippen LogP contribution in [0.1, 0.15) is 63.1 Å². The Labute approximate surface area is 151 Å². The lowest BCUT2D eigenvalue weighted by atomic mass is 9.69. The lowest BCUT2D eigenvalue weighted by Gasteiger charge is -2.50. The highest BCUT2D eigenvalue weighted by atomic mass is 16.5. The van der Waals surface area contributed by atoms with E-state index in [1.807, 2.05) is 12.3 Å². The first-order valence-electron chi connectivity index (χ1n) is 9.88. The van der Waals surface area contributed by atoms with Crippen LogP contribution in [0.4, 0.5) is 0 Å². The molecule has 1 aliphatic heterocycles. The number of hydrogen-bond donors (Lipinski definition) is 1. The predicted molar refractivity (Wildman–Crippen MR) is 102 cm³/mol. The van der Waals surface area contributed by atoms with Gasteiger partial charge in [-0.2, -0.15) is 0 Å². The molecule has 1 saturated carbocycles. The highest BCUT2D eigenvalue weighted by Crippen LogP contribution is 2.50. The Bertz CT molecular complexity index is 741. The van der Waals surface area contributed by atoms with Gasteiger partial charge < -0.3 is 14.6 Å². The standard InChI is InChI=1S/C21H31N3O/c1-4-5-9-20(24(2)3)10-12-21(13-11-20)18-16(8-15-25-21)17-7-6-14-22-19(17)23-18/h6-7,14H,4-5,8-13,15H2,1-3H3,(H,22,23). The Morgan fingerprint density at radius 2 is 2.04 bits per heavy atom. The summed E-state index contributed by atoms with van der Waals surface area (Å²) in [7, 11) is 4.52. The molecule has 0 unspecified atom stereocenters. The lowest BCUT2D eigenvalue weighted by Crippen LogP contribution is -2.52. The largest absolute Gasteiger partial charge is 0.368 e. The van der Waals surface area contributed by atoms with Crippen molar-refractivity contribution in [3.8, 4) is 0 Å². The number of rotatable bonds is 4. The third kappa shape index (κ3) is 2.70. The Hall–Kier alpha value is -1.39. The number of pyridine rings is 1. The van der Waals surface area contributed by atoms with Gasteiger partial charge >= 0.3 is 0 Å². The number of unbranched alkanes of at least 4 members (excludes halogenated alkanes) is 1. The minimum absolute atomic E-state index is 0.125. The number of nitrogens with zero attached hydrogens (tertiary/aromatic N) is 2. The number of fused-ring (bicyclic) bond motifs is 4. The first-order valence-corrected chi connectivity index (χ1v) is 9.88. The maximum absolute atomic E-state index is 6.46. The van der Waals surface area contributed by atoms with Gasteiger partial charge in [0.05, 0.1) is 12.3 Å². The number of aromatic amines is 1. The van der Waals surface area contributed by atoms with Crippen molar-refractivity contribution in [1.29, 1.82) is 0 Å². The Balaban J connectivity index is 1.65. The van der Waals surface area contributed by atoms with Gasteiger partial charge in [0.15, 0.2) is 0 Å². The fourth-order valence-electron chi connectivity index (χ4n) is 5.09. The molecule has 0 radical (unpaired) electrons. The molecule has 4 heteroatoms. The second-order valence-corrected chi connectivity index (χ2v) is 8.19. The summed E-state index contributed by atoms with van der Waals surface area (Å²) in [6.07, 6.45) is 11.4. The second kappa shape index (κ2) is 6.40. The molecular formula is C21H31N3O. The zero-order valence-corrected chi connectivity index (χ0v) is 15.9. The van der Waals surface area contributed by atoms with Crippen LogP contribution in [0.25, 0.3) is 11.0 Å². The summed E-state index contributed by atoms with van der Waals surface area (Å²) in [5.41, 5.74) is 4.00. The van der Waals surface area contributed by atoms with Gasteiger partial charge in [-0.3, -0.25) is 0 Å². The molecule has 1 N–H and O–H groups in total. The van der Waals surface area contributed by atoms with E-state index in [0.717, 1.165) is 31.5 Å². The molecule has 25 heavy (non-hydrogen) atoms. The van der Waals surface area contributed by atoms with E-state index >= 15 is 0 Å². The number of nitrogens with one attached hydrogen (secondary N) is 1. The highest BCUT2D eigenvalue weighted by Gasteiger charge is 2.48. The maximum Gasteiger partial charge on any atom is 0.137 e. The molecule has 0 atom stereocenters. The minimum Gasteiger partial charge on any atom is -0.368 e. The van der Waals surface area contributed by atoms with Crippen molar-refractivity contribution in [2.75, 3.05) is 20.7 Å². The van der Waals surface area contributed by atoms with E-state index in [2.05, 4.69) is 42.0 Å². The van der Waals surface area contributed by atoms with E-state index in [0.29, 0.717) is 5.54 Å². The first kappa shape index (κ1) is 17.0. The number of hydrogen-bond acceptors (Lipinski definition) is 3. The summed E-state index contributed by atoms with van der Waals surface area (Å²) in [5.74, 6) is 0. The SMILES string of the molecule is CCCCC1(N(C)C)CCC2(CC1)OCCc1c2[nH]c2ncccc12. The van der Waals surface area contributed by atoms with E-state index in [1.54, 1.807) is 0 Å². The van der Waals surface area contributed by atoms with Gasteiger partial charge in [0.2, 0.25) is 0 Å². The van der Waals surface area contributed by atoms with Gasteiger partial charge in [-0.15, -0.1) is 0 Å². The molecule has 0 saturated heterocycles. The van der Waals surface area contributed by atoms with Gasteiger partial charge in [-0.25, -0.2) is 4.98 Å². The van der Waals surface area contributed by atoms with Crippen LogP contribution in [-0.2, 0) is 16.8 Å². The third-order valence-corrected chi connectivity index (χ3v) is 6.80. The topological polar surface area (TPSA) is 41.1 Å². The molecule has 0 bridgehead atoms. The van der Waals surface area contributed by atoms with Gasteiger partial charge in [0.25, 0.3) is 0 Å². The summed E-state index contributed by atoms with van der Waals surface area (Å²) < 4.78 is 6.46. The van der Waals surface area contributed by atoms with Crippen molar-refractivity contribution in [3.05, 3.63) is 29.6 Å². The van der Waals surface area contributed by atoms with E-state index < -0.39 is 0 Å². The van der Waals surface area contributed by atoms with Crippen molar-refractivity contribution in [2.24, 2.45) is 0 Å². The quantitative estimate of drug-likeness (QED) is 0.896. The van der Waals surface area contributed by atoms with Gasteiger partial charge in [0, 0.05) is 17.1 Å². The van der Waals surface area contributed by atoms with Crippen molar-refractivity contribution >= 4 is 11.0 Å².